The number of nitrogens with zero attached hydrogens (tertiary/aromatic N) is 1. The van der Waals surface area contributed by atoms with Gasteiger partial charge in [0.1, 0.15) is 15.8 Å². The van der Waals surface area contributed by atoms with Crippen LogP contribution in [0.3, 0.4) is 0 Å². The Hall–Kier alpha value is -2.05. The highest BCUT2D eigenvalue weighted by Crippen LogP contribution is 2.34. The van der Waals surface area contributed by atoms with Gasteiger partial charge in [-0.3, -0.25) is 9.69 Å². The minimum atomic E-state index is -0.176. The number of thioether (sulfide) groups is 1. The molecule has 0 atom stereocenters. The summed E-state index contributed by atoms with van der Waals surface area (Å²) in [4.78, 5) is 14.4. The van der Waals surface area contributed by atoms with Gasteiger partial charge in [-0.1, -0.05) is 42.2 Å². The lowest BCUT2D eigenvalue weighted by Gasteiger charge is -2.11. The number of amides is 1. The molecule has 106 valence electrons. The molecule has 0 bridgehead atoms. The Morgan fingerprint density at radius 3 is 2.81 bits per heavy atom. The summed E-state index contributed by atoms with van der Waals surface area (Å²) in [5.41, 5.74) is 0.594. The van der Waals surface area contributed by atoms with E-state index in [1.165, 1.54) is 16.7 Å². The smallest absolute Gasteiger partial charge is 0.266 e. The number of para-hydroxylation sites is 1. The van der Waals surface area contributed by atoms with Crippen molar-refractivity contribution in [2.75, 3.05) is 0 Å². The molecule has 1 N–H and O–H groups in total. The summed E-state index contributed by atoms with van der Waals surface area (Å²) in [5.74, 6) is 0.633. The predicted molar refractivity (Wildman–Crippen MR) is 85.5 cm³/mol. The summed E-state index contributed by atoms with van der Waals surface area (Å²) < 4.78 is 5.73. The van der Waals surface area contributed by atoms with E-state index in [4.69, 9.17) is 16.6 Å². The second-order valence-corrected chi connectivity index (χ2v) is 6.08. The van der Waals surface area contributed by atoms with Crippen LogP contribution in [0.15, 0.2) is 52.0 Å². The molecule has 2 heterocycles. The van der Waals surface area contributed by atoms with E-state index in [0.29, 0.717) is 27.1 Å². The third kappa shape index (κ3) is 2.86. The van der Waals surface area contributed by atoms with Crippen molar-refractivity contribution in [1.82, 2.24) is 4.90 Å². The van der Waals surface area contributed by atoms with Crippen LogP contribution in [-0.4, -0.2) is 20.2 Å². The van der Waals surface area contributed by atoms with Gasteiger partial charge in [-0.2, -0.15) is 0 Å². The number of benzene rings is 1. The molecule has 6 heteroatoms. The van der Waals surface area contributed by atoms with Crippen LogP contribution in [0.5, 0.6) is 5.75 Å². The average molecular weight is 317 g/mol. The molecule has 1 saturated heterocycles. The first-order valence-corrected chi connectivity index (χ1v) is 7.43. The van der Waals surface area contributed by atoms with Crippen LogP contribution < -0.4 is 0 Å². The molecule has 0 saturated carbocycles. The predicted octanol–water partition coefficient (Wildman–Crippen LogP) is 3.39. The van der Waals surface area contributed by atoms with Gasteiger partial charge in [0.05, 0.1) is 17.7 Å². The van der Waals surface area contributed by atoms with Gasteiger partial charge in [-0.05, 0) is 24.3 Å². The van der Waals surface area contributed by atoms with Crippen molar-refractivity contribution in [3.05, 3.63) is 58.9 Å². The summed E-state index contributed by atoms with van der Waals surface area (Å²) in [7, 11) is 0. The normalized spacial score (nSPS) is 17.0. The number of thiocarbonyl (C=S) groups is 1. The lowest BCUT2D eigenvalue weighted by Crippen LogP contribution is -2.27. The van der Waals surface area contributed by atoms with E-state index in [1.54, 1.807) is 48.7 Å². The van der Waals surface area contributed by atoms with Crippen molar-refractivity contribution in [3.8, 4) is 5.75 Å². The van der Waals surface area contributed by atoms with Gasteiger partial charge in [0.2, 0.25) is 0 Å². The molecular weight excluding hydrogens is 306 g/mol. The Kier molecular flexibility index (Phi) is 3.81. The van der Waals surface area contributed by atoms with Gasteiger partial charge in [0, 0.05) is 5.56 Å². The summed E-state index contributed by atoms with van der Waals surface area (Å²) in [6, 6.07) is 10.4. The van der Waals surface area contributed by atoms with Crippen LogP contribution in [0, 0.1) is 0 Å². The van der Waals surface area contributed by atoms with Crippen molar-refractivity contribution < 1.29 is 14.3 Å². The first kappa shape index (κ1) is 13.9. The summed E-state index contributed by atoms with van der Waals surface area (Å²) in [5, 5.41) is 9.77. The standard InChI is InChI=1S/C15H11NO3S2/c17-12-6-2-1-4-10(12)8-13-14(18)16(15(20)21-13)9-11-5-3-7-19-11/h1-8,17H,9H2/b13-8-. The number of hydrogen-bond acceptors (Lipinski definition) is 5. The molecular formula is C15H11NO3S2. The largest absolute Gasteiger partial charge is 0.507 e. The Bertz CT molecular complexity index is 722. The van der Waals surface area contributed by atoms with Crippen molar-refractivity contribution >= 4 is 40.3 Å². The first-order valence-electron chi connectivity index (χ1n) is 6.21. The fourth-order valence-electron chi connectivity index (χ4n) is 1.95. The zero-order valence-electron chi connectivity index (χ0n) is 10.9. The van der Waals surface area contributed by atoms with E-state index in [-0.39, 0.29) is 11.7 Å². The number of rotatable bonds is 3. The lowest BCUT2D eigenvalue weighted by atomic mass is 10.2. The molecule has 1 aliphatic rings. The maximum absolute atomic E-state index is 12.4. The van der Waals surface area contributed by atoms with Gasteiger partial charge in [-0.25, -0.2) is 0 Å². The van der Waals surface area contributed by atoms with E-state index in [9.17, 15) is 9.90 Å². The Morgan fingerprint density at radius 2 is 2.10 bits per heavy atom. The SMILES string of the molecule is O=C1/C(=C/c2ccccc2O)SC(=S)N1Cc1ccco1. The molecule has 2 aromatic rings. The number of aromatic hydroxyl groups is 1. The molecule has 21 heavy (non-hydrogen) atoms. The Balaban J connectivity index is 1.85. The quantitative estimate of drug-likeness (QED) is 0.695. The molecule has 3 rings (SSSR count). The molecule has 1 aromatic carbocycles. The van der Waals surface area contributed by atoms with Crippen LogP contribution in [0.2, 0.25) is 0 Å². The zero-order valence-corrected chi connectivity index (χ0v) is 12.5. The van der Waals surface area contributed by atoms with Gasteiger partial charge < -0.3 is 9.52 Å². The van der Waals surface area contributed by atoms with E-state index < -0.39 is 0 Å². The highest BCUT2D eigenvalue weighted by molar-refractivity contribution is 8.26. The highest BCUT2D eigenvalue weighted by atomic mass is 32.2. The second-order valence-electron chi connectivity index (χ2n) is 4.41. The van der Waals surface area contributed by atoms with Gasteiger partial charge in [0.15, 0.2) is 0 Å². The highest BCUT2D eigenvalue weighted by Gasteiger charge is 2.32. The fraction of sp³-hybridized carbons (Fsp3) is 0.0667. The van der Waals surface area contributed by atoms with E-state index >= 15 is 0 Å². The van der Waals surface area contributed by atoms with Crippen molar-refractivity contribution in [2.45, 2.75) is 6.54 Å². The molecule has 0 unspecified atom stereocenters. The second kappa shape index (κ2) is 5.75. The van der Waals surface area contributed by atoms with E-state index in [1.807, 2.05) is 0 Å². The Labute approximate surface area is 131 Å². The van der Waals surface area contributed by atoms with Crippen molar-refractivity contribution in [2.24, 2.45) is 0 Å². The number of furan rings is 1. The fourth-order valence-corrected chi connectivity index (χ4v) is 3.19. The van der Waals surface area contributed by atoms with Crippen LogP contribution >= 0.6 is 24.0 Å². The van der Waals surface area contributed by atoms with Crippen molar-refractivity contribution in [1.29, 1.82) is 0 Å². The molecule has 1 amide bonds. The molecule has 1 aromatic heterocycles. The molecule has 4 nitrogen and oxygen atoms in total. The minimum Gasteiger partial charge on any atom is -0.507 e. The van der Waals surface area contributed by atoms with Crippen molar-refractivity contribution in [3.63, 3.8) is 0 Å². The maximum Gasteiger partial charge on any atom is 0.266 e. The maximum atomic E-state index is 12.4. The molecule has 1 fully saturated rings. The van der Waals surface area contributed by atoms with Crippen LogP contribution in [0.1, 0.15) is 11.3 Å². The topological polar surface area (TPSA) is 53.7 Å². The van der Waals surface area contributed by atoms with Gasteiger partial charge in [-0.15, -0.1) is 0 Å². The third-order valence-electron chi connectivity index (χ3n) is 2.99. The first-order chi connectivity index (χ1) is 10.1. The van der Waals surface area contributed by atoms with E-state index in [2.05, 4.69) is 0 Å². The third-order valence-corrected chi connectivity index (χ3v) is 4.37. The Morgan fingerprint density at radius 1 is 1.29 bits per heavy atom. The van der Waals surface area contributed by atoms with Crippen LogP contribution in [-0.2, 0) is 11.3 Å². The average Bonchev–Trinajstić information content (AvgIpc) is 3.06. The lowest BCUT2D eigenvalue weighted by molar-refractivity contribution is -0.122. The molecule has 1 aliphatic heterocycles. The molecule has 0 spiro atoms. The molecule has 0 radical (unpaired) electrons. The summed E-state index contributed by atoms with van der Waals surface area (Å²) in [6.45, 7) is 0.315. The number of phenolic OH excluding ortho intramolecular Hbond substituents is 1. The number of carbonyl (C=O) groups excluding carboxylic acids is 1. The van der Waals surface area contributed by atoms with Crippen LogP contribution in [0.25, 0.3) is 6.08 Å². The monoisotopic (exact) mass is 317 g/mol. The summed E-state index contributed by atoms with van der Waals surface area (Å²) >= 11 is 6.46. The number of carbonyl (C=O) groups is 1. The van der Waals surface area contributed by atoms with E-state index in [0.717, 1.165) is 0 Å². The zero-order chi connectivity index (χ0) is 14.8. The van der Waals surface area contributed by atoms with Gasteiger partial charge in [0.25, 0.3) is 5.91 Å². The summed E-state index contributed by atoms with van der Waals surface area (Å²) in [6.07, 6.45) is 3.21. The van der Waals surface area contributed by atoms with Crippen LogP contribution in [0.4, 0.5) is 0 Å². The number of phenols is 1. The number of hydrogen-bond donors (Lipinski definition) is 1. The minimum absolute atomic E-state index is 0.133. The van der Waals surface area contributed by atoms with Gasteiger partial charge >= 0.3 is 0 Å². The molecule has 0 aliphatic carbocycles.